The lowest BCUT2D eigenvalue weighted by molar-refractivity contribution is -0.139. The average Bonchev–Trinajstić information content (AvgIpc) is 2.84. The van der Waals surface area contributed by atoms with Gasteiger partial charge in [0.25, 0.3) is 0 Å². The highest BCUT2D eigenvalue weighted by molar-refractivity contribution is 5.86. The summed E-state index contributed by atoms with van der Waals surface area (Å²) in [5, 5.41) is 0. The Balaban J connectivity index is 1.40. The van der Waals surface area contributed by atoms with E-state index in [1.165, 1.54) is 44.9 Å². The summed E-state index contributed by atoms with van der Waals surface area (Å²) in [6.07, 6.45) is 17.9. The van der Waals surface area contributed by atoms with Gasteiger partial charge in [-0.15, -0.1) is 0 Å². The second-order valence-electron chi connectivity index (χ2n) is 8.46. The zero-order chi connectivity index (χ0) is 23.6. The van der Waals surface area contributed by atoms with Gasteiger partial charge in [-0.1, -0.05) is 82.2 Å². The number of carbonyl (C=O) groups is 1. The van der Waals surface area contributed by atoms with Crippen molar-refractivity contribution < 1.29 is 14.3 Å². The van der Waals surface area contributed by atoms with Crippen molar-refractivity contribution in [1.29, 1.82) is 0 Å². The fourth-order valence-electron chi connectivity index (χ4n) is 3.43. The molecule has 4 nitrogen and oxygen atoms in total. The smallest absolute Gasteiger partial charge is 0.333 e. The van der Waals surface area contributed by atoms with Gasteiger partial charge in [0.05, 0.1) is 18.9 Å². The van der Waals surface area contributed by atoms with Crippen molar-refractivity contribution in [3.8, 4) is 5.75 Å². The second-order valence-corrected chi connectivity index (χ2v) is 8.46. The number of pyridine rings is 1. The van der Waals surface area contributed by atoms with Crippen LogP contribution in [0.25, 0.3) is 12.2 Å². The van der Waals surface area contributed by atoms with Gasteiger partial charge in [-0.25, -0.2) is 4.79 Å². The first-order chi connectivity index (χ1) is 16.1. The summed E-state index contributed by atoms with van der Waals surface area (Å²) in [5.41, 5.74) is 2.57. The van der Waals surface area contributed by atoms with E-state index >= 15 is 0 Å². The molecule has 2 rings (SSSR count). The molecule has 0 aliphatic carbocycles. The van der Waals surface area contributed by atoms with Crippen LogP contribution in [-0.2, 0) is 9.53 Å². The molecule has 0 amide bonds. The Labute approximate surface area is 199 Å². The molecule has 33 heavy (non-hydrogen) atoms. The summed E-state index contributed by atoms with van der Waals surface area (Å²) < 4.78 is 11.0. The van der Waals surface area contributed by atoms with Gasteiger partial charge in [-0.05, 0) is 55.7 Å². The van der Waals surface area contributed by atoms with Gasteiger partial charge < -0.3 is 9.47 Å². The molecule has 2 aromatic rings. The van der Waals surface area contributed by atoms with Gasteiger partial charge in [0.1, 0.15) is 5.75 Å². The zero-order valence-electron chi connectivity index (χ0n) is 20.1. The van der Waals surface area contributed by atoms with Crippen LogP contribution in [0.2, 0.25) is 0 Å². The molecule has 0 fully saturated rings. The van der Waals surface area contributed by atoms with Gasteiger partial charge >= 0.3 is 5.97 Å². The summed E-state index contributed by atoms with van der Waals surface area (Å²) in [6.45, 7) is 6.55. The van der Waals surface area contributed by atoms with E-state index in [0.29, 0.717) is 12.2 Å². The highest BCUT2D eigenvalue weighted by atomic mass is 16.5. The SMILES string of the molecule is C=C(C)C(=O)OCCCCCCCCCCCCOc1ccc(/C=C/c2ccccn2)cc1. The van der Waals surface area contributed by atoms with E-state index in [-0.39, 0.29) is 5.97 Å². The first kappa shape index (κ1) is 26.4. The van der Waals surface area contributed by atoms with E-state index in [4.69, 9.17) is 9.47 Å². The molecule has 0 saturated carbocycles. The quantitative estimate of drug-likeness (QED) is 0.141. The lowest BCUT2D eigenvalue weighted by Crippen LogP contribution is -2.05. The third kappa shape index (κ3) is 12.7. The summed E-state index contributed by atoms with van der Waals surface area (Å²) in [7, 11) is 0. The van der Waals surface area contributed by atoms with Crippen LogP contribution in [0.4, 0.5) is 0 Å². The fourth-order valence-corrected chi connectivity index (χ4v) is 3.43. The molecule has 1 aromatic carbocycles. The number of rotatable bonds is 17. The first-order valence-corrected chi connectivity index (χ1v) is 12.3. The van der Waals surface area contributed by atoms with Gasteiger partial charge in [-0.3, -0.25) is 4.98 Å². The third-order valence-electron chi connectivity index (χ3n) is 5.40. The Bertz CT molecular complexity index is 828. The molecule has 0 radical (unpaired) electrons. The Kier molecular flexibility index (Phi) is 13.4. The number of nitrogens with zero attached hydrogens (tertiary/aromatic N) is 1. The molecule has 0 unspecified atom stereocenters. The van der Waals surface area contributed by atoms with Gasteiger partial charge in [0.2, 0.25) is 0 Å². The monoisotopic (exact) mass is 449 g/mol. The second kappa shape index (κ2) is 16.7. The topological polar surface area (TPSA) is 48.4 Å². The number of carbonyl (C=O) groups excluding carboxylic acids is 1. The molecule has 0 atom stereocenters. The Morgan fingerprint density at radius 3 is 2.00 bits per heavy atom. The van der Waals surface area contributed by atoms with Crippen molar-refractivity contribution >= 4 is 18.1 Å². The van der Waals surface area contributed by atoms with Crippen LogP contribution in [0.15, 0.2) is 60.8 Å². The van der Waals surface area contributed by atoms with Crippen LogP contribution in [0.3, 0.4) is 0 Å². The van der Waals surface area contributed by atoms with Crippen LogP contribution in [0, 0.1) is 0 Å². The maximum Gasteiger partial charge on any atom is 0.333 e. The summed E-state index contributed by atoms with van der Waals surface area (Å²) in [6, 6.07) is 14.1. The third-order valence-corrected chi connectivity index (χ3v) is 5.40. The van der Waals surface area contributed by atoms with E-state index in [0.717, 1.165) is 42.9 Å². The lowest BCUT2D eigenvalue weighted by atomic mass is 10.1. The Morgan fingerprint density at radius 1 is 0.818 bits per heavy atom. The minimum absolute atomic E-state index is 0.275. The van der Waals surface area contributed by atoms with E-state index < -0.39 is 0 Å². The van der Waals surface area contributed by atoms with Crippen molar-refractivity contribution in [2.45, 2.75) is 71.1 Å². The van der Waals surface area contributed by atoms with Crippen molar-refractivity contribution in [2.75, 3.05) is 13.2 Å². The van der Waals surface area contributed by atoms with Crippen molar-refractivity contribution in [3.05, 3.63) is 72.1 Å². The largest absolute Gasteiger partial charge is 0.494 e. The molecular formula is C29H39NO3. The number of esters is 1. The minimum Gasteiger partial charge on any atom is -0.494 e. The maximum absolute atomic E-state index is 11.3. The van der Waals surface area contributed by atoms with Crippen LogP contribution in [0.5, 0.6) is 5.75 Å². The molecular weight excluding hydrogens is 410 g/mol. The number of hydrogen-bond donors (Lipinski definition) is 0. The highest BCUT2D eigenvalue weighted by Crippen LogP contribution is 2.15. The number of benzene rings is 1. The molecule has 4 heteroatoms. The summed E-state index contributed by atoms with van der Waals surface area (Å²) in [5.74, 6) is 0.655. The van der Waals surface area contributed by atoms with Crippen molar-refractivity contribution in [3.63, 3.8) is 0 Å². The first-order valence-electron chi connectivity index (χ1n) is 12.3. The Hall–Kier alpha value is -2.88. The summed E-state index contributed by atoms with van der Waals surface area (Å²) in [4.78, 5) is 15.6. The normalized spacial score (nSPS) is 10.9. The number of unbranched alkanes of at least 4 members (excludes halogenated alkanes) is 9. The molecule has 0 aliphatic rings. The van der Waals surface area contributed by atoms with E-state index in [1.54, 1.807) is 13.1 Å². The number of aromatic nitrogens is 1. The van der Waals surface area contributed by atoms with Gasteiger partial charge in [0, 0.05) is 11.8 Å². The van der Waals surface area contributed by atoms with Crippen LogP contribution < -0.4 is 4.74 Å². The fraction of sp³-hybridized carbons (Fsp3) is 0.448. The molecule has 0 spiro atoms. The molecule has 0 N–H and O–H groups in total. The summed E-state index contributed by atoms with van der Waals surface area (Å²) >= 11 is 0. The molecule has 0 bridgehead atoms. The molecule has 178 valence electrons. The van der Waals surface area contributed by atoms with Crippen LogP contribution in [-0.4, -0.2) is 24.2 Å². The zero-order valence-corrected chi connectivity index (χ0v) is 20.1. The predicted octanol–water partition coefficient (Wildman–Crippen LogP) is 7.65. The number of hydrogen-bond acceptors (Lipinski definition) is 4. The standard InChI is InChI=1S/C29H39NO3/c1-25(2)29(31)33-24-14-10-8-6-4-3-5-7-9-13-23-32-28-20-17-26(18-21-28)16-19-27-15-11-12-22-30-27/h11-12,15-22H,1,3-10,13-14,23-24H2,2H3/b19-16+. The number of ether oxygens (including phenoxy) is 2. The minimum atomic E-state index is -0.275. The maximum atomic E-state index is 11.3. The Morgan fingerprint density at radius 2 is 1.42 bits per heavy atom. The predicted molar refractivity (Wildman–Crippen MR) is 137 cm³/mol. The molecule has 0 aliphatic heterocycles. The van der Waals surface area contributed by atoms with E-state index in [1.807, 2.05) is 36.4 Å². The van der Waals surface area contributed by atoms with Crippen molar-refractivity contribution in [2.24, 2.45) is 0 Å². The van der Waals surface area contributed by atoms with Crippen LogP contribution >= 0.6 is 0 Å². The average molecular weight is 450 g/mol. The van der Waals surface area contributed by atoms with E-state index in [2.05, 4.69) is 29.8 Å². The molecule has 0 saturated heterocycles. The van der Waals surface area contributed by atoms with Crippen LogP contribution in [0.1, 0.15) is 82.4 Å². The molecule has 1 heterocycles. The van der Waals surface area contributed by atoms with Gasteiger partial charge in [0.15, 0.2) is 0 Å². The molecule has 1 aromatic heterocycles. The lowest BCUT2D eigenvalue weighted by Gasteiger charge is -2.07. The van der Waals surface area contributed by atoms with Gasteiger partial charge in [-0.2, -0.15) is 0 Å². The highest BCUT2D eigenvalue weighted by Gasteiger charge is 2.01. The van der Waals surface area contributed by atoms with Crippen molar-refractivity contribution in [1.82, 2.24) is 4.98 Å². The van der Waals surface area contributed by atoms with E-state index in [9.17, 15) is 4.79 Å².